The van der Waals surface area contributed by atoms with E-state index in [1.165, 1.54) is 17.5 Å². The lowest BCUT2D eigenvalue weighted by Crippen LogP contribution is -2.11. The van der Waals surface area contributed by atoms with Gasteiger partial charge in [0, 0.05) is 11.5 Å². The van der Waals surface area contributed by atoms with E-state index in [4.69, 9.17) is 4.74 Å². The standard InChI is InChI=1S/C17H18O2/c1-19-16-11-5-10-15(17(16)18)14-9-4-7-12-6-2-3-8-13(12)14/h2-3,5-6,8,10-11,14,18H,4,7,9H2,1H3. The average Bonchev–Trinajstić information content (AvgIpc) is 2.47. The Bertz CT molecular complexity index is 590. The predicted molar refractivity (Wildman–Crippen MR) is 75.9 cm³/mol. The van der Waals surface area contributed by atoms with Crippen LogP contribution in [0.4, 0.5) is 0 Å². The normalized spacial score (nSPS) is 17.8. The van der Waals surface area contributed by atoms with E-state index < -0.39 is 0 Å². The van der Waals surface area contributed by atoms with Gasteiger partial charge in [-0.1, -0.05) is 36.4 Å². The number of aryl methyl sites for hydroxylation is 1. The van der Waals surface area contributed by atoms with Gasteiger partial charge in [0.25, 0.3) is 0 Å². The number of methoxy groups -OCH3 is 1. The summed E-state index contributed by atoms with van der Waals surface area (Å²) in [7, 11) is 1.59. The largest absolute Gasteiger partial charge is 0.504 e. The monoisotopic (exact) mass is 254 g/mol. The lowest BCUT2D eigenvalue weighted by molar-refractivity contribution is 0.368. The molecule has 0 saturated heterocycles. The number of ether oxygens (including phenoxy) is 1. The van der Waals surface area contributed by atoms with Crippen LogP contribution < -0.4 is 4.74 Å². The quantitative estimate of drug-likeness (QED) is 0.881. The first-order chi connectivity index (χ1) is 9.31. The molecule has 1 aliphatic carbocycles. The van der Waals surface area contributed by atoms with E-state index in [1.54, 1.807) is 13.2 Å². The average molecular weight is 254 g/mol. The number of rotatable bonds is 2. The minimum absolute atomic E-state index is 0.278. The molecular weight excluding hydrogens is 236 g/mol. The molecule has 2 nitrogen and oxygen atoms in total. The Kier molecular flexibility index (Phi) is 3.16. The van der Waals surface area contributed by atoms with Crippen molar-refractivity contribution in [2.45, 2.75) is 25.2 Å². The van der Waals surface area contributed by atoms with Gasteiger partial charge in [-0.3, -0.25) is 0 Å². The summed E-state index contributed by atoms with van der Waals surface area (Å²) >= 11 is 0. The predicted octanol–water partition coefficient (Wildman–Crippen LogP) is 3.87. The number of hydrogen-bond acceptors (Lipinski definition) is 2. The van der Waals surface area contributed by atoms with Gasteiger partial charge in [0.1, 0.15) is 0 Å². The first-order valence-electron chi connectivity index (χ1n) is 6.75. The summed E-state index contributed by atoms with van der Waals surface area (Å²) in [5.74, 6) is 1.12. The van der Waals surface area contributed by atoms with Gasteiger partial charge in [0.05, 0.1) is 7.11 Å². The first kappa shape index (κ1) is 12.1. The molecule has 1 atom stereocenters. The zero-order chi connectivity index (χ0) is 13.2. The van der Waals surface area contributed by atoms with Gasteiger partial charge < -0.3 is 9.84 Å². The number of fused-ring (bicyclic) bond motifs is 1. The van der Waals surface area contributed by atoms with Crippen molar-refractivity contribution in [2.24, 2.45) is 0 Å². The summed E-state index contributed by atoms with van der Waals surface area (Å²) in [6.07, 6.45) is 3.38. The highest BCUT2D eigenvalue weighted by Gasteiger charge is 2.24. The van der Waals surface area contributed by atoms with E-state index >= 15 is 0 Å². The number of benzene rings is 2. The van der Waals surface area contributed by atoms with Crippen molar-refractivity contribution in [3.63, 3.8) is 0 Å². The molecule has 0 amide bonds. The Morgan fingerprint density at radius 1 is 1.05 bits per heavy atom. The van der Waals surface area contributed by atoms with Crippen LogP contribution in [0.5, 0.6) is 11.5 Å². The van der Waals surface area contributed by atoms with Gasteiger partial charge in [-0.15, -0.1) is 0 Å². The van der Waals surface area contributed by atoms with Crippen molar-refractivity contribution in [1.29, 1.82) is 0 Å². The fraction of sp³-hybridized carbons (Fsp3) is 0.294. The number of phenols is 1. The lowest BCUT2D eigenvalue weighted by atomic mass is 9.78. The number of phenolic OH excluding ortho intramolecular Hbond substituents is 1. The molecule has 0 fully saturated rings. The van der Waals surface area contributed by atoms with Gasteiger partial charge >= 0.3 is 0 Å². The minimum Gasteiger partial charge on any atom is -0.504 e. The van der Waals surface area contributed by atoms with Crippen LogP contribution in [0.3, 0.4) is 0 Å². The Morgan fingerprint density at radius 2 is 1.84 bits per heavy atom. The summed E-state index contributed by atoms with van der Waals surface area (Å²) in [5.41, 5.74) is 3.73. The van der Waals surface area contributed by atoms with Crippen molar-refractivity contribution in [3.05, 3.63) is 59.2 Å². The van der Waals surface area contributed by atoms with Gasteiger partial charge in [0.15, 0.2) is 11.5 Å². The van der Waals surface area contributed by atoms with Crippen LogP contribution in [0.15, 0.2) is 42.5 Å². The second kappa shape index (κ2) is 4.96. The highest BCUT2D eigenvalue weighted by Crippen LogP contribution is 2.42. The molecule has 2 aromatic rings. The van der Waals surface area contributed by atoms with Gasteiger partial charge in [0.2, 0.25) is 0 Å². The molecular formula is C17H18O2. The minimum atomic E-state index is 0.278. The molecule has 1 aliphatic rings. The SMILES string of the molecule is COc1cccc(C2CCCc3ccccc32)c1O. The summed E-state index contributed by atoms with van der Waals surface area (Å²) in [6.45, 7) is 0. The molecule has 0 aliphatic heterocycles. The molecule has 1 unspecified atom stereocenters. The second-order valence-corrected chi connectivity index (χ2v) is 5.04. The molecule has 0 heterocycles. The van der Waals surface area contributed by atoms with Crippen molar-refractivity contribution in [2.75, 3.05) is 7.11 Å². The van der Waals surface area contributed by atoms with Crippen LogP contribution in [0, 0.1) is 0 Å². The smallest absolute Gasteiger partial charge is 0.161 e. The van der Waals surface area contributed by atoms with Crippen molar-refractivity contribution in [3.8, 4) is 11.5 Å². The van der Waals surface area contributed by atoms with E-state index in [2.05, 4.69) is 24.3 Å². The third-order valence-corrected chi connectivity index (χ3v) is 3.99. The van der Waals surface area contributed by atoms with Crippen LogP contribution in [0.1, 0.15) is 35.4 Å². The van der Waals surface area contributed by atoms with Gasteiger partial charge in [-0.25, -0.2) is 0 Å². The van der Waals surface area contributed by atoms with E-state index in [0.717, 1.165) is 18.4 Å². The van der Waals surface area contributed by atoms with Crippen LogP contribution in [-0.4, -0.2) is 12.2 Å². The maximum Gasteiger partial charge on any atom is 0.161 e. The molecule has 2 heteroatoms. The number of hydrogen-bond donors (Lipinski definition) is 1. The molecule has 0 bridgehead atoms. The highest BCUT2D eigenvalue weighted by molar-refractivity contribution is 5.51. The molecule has 0 spiro atoms. The Balaban J connectivity index is 2.09. The first-order valence-corrected chi connectivity index (χ1v) is 6.75. The van der Waals surface area contributed by atoms with E-state index in [9.17, 15) is 5.11 Å². The summed E-state index contributed by atoms with van der Waals surface area (Å²) in [5, 5.41) is 10.3. The van der Waals surface area contributed by atoms with Gasteiger partial charge in [-0.2, -0.15) is 0 Å². The van der Waals surface area contributed by atoms with Crippen LogP contribution in [-0.2, 0) is 6.42 Å². The van der Waals surface area contributed by atoms with Crippen LogP contribution in [0.2, 0.25) is 0 Å². The molecule has 0 saturated carbocycles. The van der Waals surface area contributed by atoms with Crippen molar-refractivity contribution >= 4 is 0 Å². The number of para-hydroxylation sites is 1. The van der Waals surface area contributed by atoms with E-state index in [-0.39, 0.29) is 11.7 Å². The van der Waals surface area contributed by atoms with Crippen molar-refractivity contribution in [1.82, 2.24) is 0 Å². The van der Waals surface area contributed by atoms with Crippen LogP contribution in [0.25, 0.3) is 0 Å². The zero-order valence-electron chi connectivity index (χ0n) is 11.1. The Hall–Kier alpha value is -1.96. The molecule has 98 valence electrons. The van der Waals surface area contributed by atoms with Crippen LogP contribution >= 0.6 is 0 Å². The fourth-order valence-corrected chi connectivity index (χ4v) is 3.06. The second-order valence-electron chi connectivity index (χ2n) is 5.04. The third kappa shape index (κ3) is 2.07. The number of aromatic hydroxyl groups is 1. The van der Waals surface area contributed by atoms with E-state index in [1.807, 2.05) is 12.1 Å². The molecule has 2 aromatic carbocycles. The van der Waals surface area contributed by atoms with Gasteiger partial charge in [-0.05, 0) is 36.5 Å². The zero-order valence-corrected chi connectivity index (χ0v) is 11.1. The molecule has 0 aromatic heterocycles. The fourth-order valence-electron chi connectivity index (χ4n) is 3.06. The maximum atomic E-state index is 10.3. The third-order valence-electron chi connectivity index (χ3n) is 3.99. The highest BCUT2D eigenvalue weighted by atomic mass is 16.5. The molecule has 19 heavy (non-hydrogen) atoms. The lowest BCUT2D eigenvalue weighted by Gasteiger charge is -2.26. The maximum absolute atomic E-state index is 10.3. The summed E-state index contributed by atoms with van der Waals surface area (Å²) in [4.78, 5) is 0. The molecule has 0 radical (unpaired) electrons. The summed E-state index contributed by atoms with van der Waals surface area (Å²) in [6, 6.07) is 14.3. The Morgan fingerprint density at radius 3 is 2.68 bits per heavy atom. The topological polar surface area (TPSA) is 29.5 Å². The molecule has 1 N–H and O–H groups in total. The Labute approximate surface area is 113 Å². The summed E-state index contributed by atoms with van der Waals surface area (Å²) < 4.78 is 5.21. The van der Waals surface area contributed by atoms with E-state index in [0.29, 0.717) is 5.75 Å². The molecule has 3 rings (SSSR count). The van der Waals surface area contributed by atoms with Crippen molar-refractivity contribution < 1.29 is 9.84 Å².